The summed E-state index contributed by atoms with van der Waals surface area (Å²) >= 11 is 3.65. The summed E-state index contributed by atoms with van der Waals surface area (Å²) in [5, 5.41) is 6.87. The summed E-state index contributed by atoms with van der Waals surface area (Å²) < 4.78 is 0.956. The van der Waals surface area contributed by atoms with Gasteiger partial charge in [0.1, 0.15) is 0 Å². The number of benzene rings is 4. The summed E-state index contributed by atoms with van der Waals surface area (Å²) in [5.41, 5.74) is 9.72. The van der Waals surface area contributed by atoms with Gasteiger partial charge in [-0.2, -0.15) is 0 Å². The van der Waals surface area contributed by atoms with Crippen molar-refractivity contribution in [1.82, 2.24) is 0 Å². The number of fused-ring (bicyclic) bond motifs is 2. The lowest BCUT2D eigenvalue weighted by Gasteiger charge is -2.25. The Labute approximate surface area is 249 Å². The Hall–Kier alpha value is -3.70. The summed E-state index contributed by atoms with van der Waals surface area (Å²) in [6.45, 7) is 1.42. The number of hydrogen-bond acceptors (Lipinski definition) is 4. The Balaban J connectivity index is 0.981. The van der Waals surface area contributed by atoms with Crippen molar-refractivity contribution in [2.75, 3.05) is 23.7 Å². The maximum absolute atomic E-state index is 13.5. The Morgan fingerprint density at radius 2 is 1.49 bits per heavy atom. The molecule has 3 atom stereocenters. The van der Waals surface area contributed by atoms with Gasteiger partial charge in [0.25, 0.3) is 0 Å². The lowest BCUT2D eigenvalue weighted by atomic mass is 9.86. The largest absolute Gasteiger partial charge is 0.384 e. The van der Waals surface area contributed by atoms with Crippen molar-refractivity contribution >= 4 is 38.9 Å². The Morgan fingerprint density at radius 3 is 2.32 bits per heavy atom. The smallest absolute Gasteiger partial charge is 0.169 e. The third kappa shape index (κ3) is 5.48. The maximum Gasteiger partial charge on any atom is 0.169 e. The molecule has 0 bridgehead atoms. The lowest BCUT2D eigenvalue weighted by Crippen LogP contribution is -2.30. The monoisotopic (exact) mass is 604 g/mol. The first kappa shape index (κ1) is 26.2. The molecule has 7 rings (SSSR count). The van der Waals surface area contributed by atoms with Crippen molar-refractivity contribution in [3.63, 3.8) is 0 Å². The van der Waals surface area contributed by atoms with Gasteiger partial charge in [-0.1, -0.05) is 60.7 Å². The fraction of sp³-hybridized carbons (Fsp3) is 0.278. The molecular formula is C36H33BrN2O2. The van der Waals surface area contributed by atoms with Crippen LogP contribution in [0.3, 0.4) is 0 Å². The molecule has 3 aliphatic rings. The van der Waals surface area contributed by atoms with Crippen LogP contribution in [0.25, 0.3) is 0 Å². The minimum Gasteiger partial charge on any atom is -0.384 e. The van der Waals surface area contributed by atoms with Crippen LogP contribution in [0.1, 0.15) is 73.7 Å². The first-order valence-corrected chi connectivity index (χ1v) is 15.4. The summed E-state index contributed by atoms with van der Waals surface area (Å²) in [5.74, 6) is 1.62. The van der Waals surface area contributed by atoms with Gasteiger partial charge in [0.05, 0.1) is 5.69 Å². The van der Waals surface area contributed by atoms with Crippen LogP contribution in [0.5, 0.6) is 0 Å². The lowest BCUT2D eigenvalue weighted by molar-refractivity contribution is 0.0910. The van der Waals surface area contributed by atoms with E-state index in [9.17, 15) is 9.59 Å². The van der Waals surface area contributed by atoms with Gasteiger partial charge in [0, 0.05) is 46.7 Å². The van der Waals surface area contributed by atoms with Crippen LogP contribution in [0, 0.1) is 11.8 Å². The molecule has 0 spiro atoms. The van der Waals surface area contributed by atoms with E-state index in [-0.39, 0.29) is 11.7 Å². The number of hydrogen-bond donors (Lipinski definition) is 2. The van der Waals surface area contributed by atoms with E-state index in [0.29, 0.717) is 30.6 Å². The second-order valence-corrected chi connectivity index (χ2v) is 12.7. The molecule has 4 aromatic rings. The number of ketones is 2. The number of carbonyl (C=O) groups excluding carboxylic acids is 2. The number of Topliss-reactive ketones (excluding diaryl/α,β-unsaturated/α-hetero) is 2. The van der Waals surface area contributed by atoms with Gasteiger partial charge >= 0.3 is 0 Å². The molecule has 1 aliphatic carbocycles. The van der Waals surface area contributed by atoms with E-state index < -0.39 is 0 Å². The highest BCUT2D eigenvalue weighted by Gasteiger charge is 2.42. The highest BCUT2D eigenvalue weighted by molar-refractivity contribution is 9.10. The molecule has 4 nitrogen and oxygen atoms in total. The first-order valence-electron chi connectivity index (χ1n) is 14.6. The van der Waals surface area contributed by atoms with E-state index in [1.165, 1.54) is 22.3 Å². The zero-order valence-electron chi connectivity index (χ0n) is 23.0. The van der Waals surface area contributed by atoms with Crippen LogP contribution in [0.15, 0.2) is 89.4 Å². The molecule has 206 valence electrons. The summed E-state index contributed by atoms with van der Waals surface area (Å²) in [7, 11) is 0. The molecule has 41 heavy (non-hydrogen) atoms. The zero-order valence-corrected chi connectivity index (χ0v) is 24.5. The molecule has 0 amide bonds. The van der Waals surface area contributed by atoms with Crippen molar-refractivity contribution in [2.24, 2.45) is 11.8 Å². The summed E-state index contributed by atoms with van der Waals surface area (Å²) in [6, 6.07) is 29.8. The molecular weight excluding hydrogens is 572 g/mol. The van der Waals surface area contributed by atoms with Gasteiger partial charge in [-0.15, -0.1) is 0 Å². The van der Waals surface area contributed by atoms with E-state index in [1.807, 2.05) is 12.1 Å². The number of halogens is 1. The molecule has 0 saturated heterocycles. The fourth-order valence-corrected chi connectivity index (χ4v) is 7.28. The molecule has 2 heterocycles. The quantitative estimate of drug-likeness (QED) is 0.224. The van der Waals surface area contributed by atoms with Crippen molar-refractivity contribution in [3.05, 3.63) is 128 Å². The van der Waals surface area contributed by atoms with Crippen molar-refractivity contribution in [3.8, 4) is 0 Å². The van der Waals surface area contributed by atoms with Crippen LogP contribution < -0.4 is 10.6 Å². The van der Waals surface area contributed by atoms with Gasteiger partial charge in [0.2, 0.25) is 0 Å². The van der Waals surface area contributed by atoms with Gasteiger partial charge in [0.15, 0.2) is 11.6 Å². The molecule has 5 heteroatoms. The molecule has 2 aliphatic heterocycles. The number of carbonyl (C=O) groups is 2. The first-order chi connectivity index (χ1) is 20.0. The Kier molecular flexibility index (Phi) is 7.00. The predicted octanol–water partition coefficient (Wildman–Crippen LogP) is 8.05. The van der Waals surface area contributed by atoms with E-state index in [0.717, 1.165) is 64.8 Å². The van der Waals surface area contributed by atoms with Crippen LogP contribution in [-0.2, 0) is 12.8 Å². The van der Waals surface area contributed by atoms with Crippen LogP contribution >= 0.6 is 15.9 Å². The highest BCUT2D eigenvalue weighted by Crippen LogP contribution is 2.51. The second-order valence-electron chi connectivity index (χ2n) is 11.8. The summed E-state index contributed by atoms with van der Waals surface area (Å²) in [4.78, 5) is 25.9. The number of rotatable bonds is 7. The average molecular weight is 606 g/mol. The third-order valence-corrected chi connectivity index (χ3v) is 9.57. The van der Waals surface area contributed by atoms with E-state index in [2.05, 4.69) is 99.4 Å². The number of anilines is 2. The molecule has 2 unspecified atom stereocenters. The fourth-order valence-electron chi connectivity index (χ4n) is 6.63. The van der Waals surface area contributed by atoms with E-state index in [4.69, 9.17) is 0 Å². The minimum absolute atomic E-state index is 0.0309. The average Bonchev–Trinajstić information content (AvgIpc) is 3.75. The van der Waals surface area contributed by atoms with Crippen molar-refractivity contribution in [2.45, 2.75) is 38.0 Å². The molecule has 2 N–H and O–H groups in total. The summed E-state index contributed by atoms with van der Waals surface area (Å²) in [6.07, 6.45) is 4.26. The number of nitrogens with one attached hydrogen (secondary N) is 2. The molecule has 0 radical (unpaired) electrons. The highest BCUT2D eigenvalue weighted by atomic mass is 79.9. The van der Waals surface area contributed by atoms with E-state index >= 15 is 0 Å². The molecule has 0 aromatic heterocycles. The topological polar surface area (TPSA) is 58.2 Å². The van der Waals surface area contributed by atoms with Crippen molar-refractivity contribution in [1.29, 1.82) is 0 Å². The Morgan fingerprint density at radius 1 is 0.756 bits per heavy atom. The molecule has 1 saturated carbocycles. The molecule has 1 fully saturated rings. The van der Waals surface area contributed by atoms with Crippen LogP contribution in [0.2, 0.25) is 0 Å². The van der Waals surface area contributed by atoms with Gasteiger partial charge < -0.3 is 10.6 Å². The van der Waals surface area contributed by atoms with Gasteiger partial charge in [-0.25, -0.2) is 0 Å². The van der Waals surface area contributed by atoms with Crippen molar-refractivity contribution < 1.29 is 9.59 Å². The second kappa shape index (κ2) is 10.9. The normalized spacial score (nSPS) is 21.0. The van der Waals surface area contributed by atoms with Crippen LogP contribution in [-0.4, -0.2) is 24.7 Å². The van der Waals surface area contributed by atoms with Gasteiger partial charge in [-0.3, -0.25) is 9.59 Å². The van der Waals surface area contributed by atoms with Crippen LogP contribution in [0.4, 0.5) is 11.4 Å². The Bertz CT molecular complexity index is 1630. The zero-order chi connectivity index (χ0) is 27.9. The third-order valence-electron chi connectivity index (χ3n) is 8.94. The maximum atomic E-state index is 13.5. The van der Waals surface area contributed by atoms with E-state index in [1.54, 1.807) is 0 Å². The predicted molar refractivity (Wildman–Crippen MR) is 168 cm³/mol. The van der Waals surface area contributed by atoms with Gasteiger partial charge in [-0.05, 0) is 106 Å². The standard InChI is InChI=1S/C36H33BrN2O2/c37-32-18-25(17-31-34(40)12-13-38-35(31)32)15-23-6-9-26(10-7-23)29-20-27(29)19-28-21-39-33-11-8-24(16-30(33)36(28)41)14-22-4-2-1-3-5-22/h1-11,16-18,27-29,38-39H,12-15,19-21H2/t27?,28?,29-/m1/s1. The molecule has 4 aromatic carbocycles. The minimum atomic E-state index is 0.0309. The SMILES string of the molecule is O=C1CCNc2c(Br)cc(Cc3ccc([C@H]4CC4CC4CNc5ccc(Cc6ccccc6)cc5C4=O)cc3)cc21.